The van der Waals surface area contributed by atoms with Gasteiger partial charge in [-0.05, 0) is 12.5 Å². The minimum absolute atomic E-state index is 0.0130. The maximum Gasteiger partial charge on any atom is 0.242 e. The number of rotatable bonds is 3. The highest BCUT2D eigenvalue weighted by Gasteiger charge is 2.32. The summed E-state index contributed by atoms with van der Waals surface area (Å²) in [5.74, 6) is -0.285. The van der Waals surface area contributed by atoms with Gasteiger partial charge in [-0.1, -0.05) is 18.2 Å². The fourth-order valence-electron chi connectivity index (χ4n) is 3.04. The number of thioether (sulfide) groups is 1. The Hall–Kier alpha value is -1.89. The van der Waals surface area contributed by atoms with Gasteiger partial charge in [-0.2, -0.15) is 11.8 Å². The molecule has 1 aromatic rings. The highest BCUT2D eigenvalue weighted by atomic mass is 32.2. The number of hydrogen-bond donors (Lipinski definition) is 0. The van der Waals surface area contributed by atoms with E-state index in [9.17, 15) is 18.8 Å². The van der Waals surface area contributed by atoms with Gasteiger partial charge in [-0.3, -0.25) is 19.3 Å². The van der Waals surface area contributed by atoms with Crippen LogP contribution in [0.25, 0.3) is 0 Å². The zero-order valence-corrected chi connectivity index (χ0v) is 14.1. The van der Waals surface area contributed by atoms with Gasteiger partial charge in [0, 0.05) is 42.5 Å². The third kappa shape index (κ3) is 3.61. The molecule has 1 aromatic carbocycles. The van der Waals surface area contributed by atoms with E-state index in [0.29, 0.717) is 30.8 Å². The molecule has 128 valence electrons. The van der Waals surface area contributed by atoms with Crippen LogP contribution in [-0.4, -0.2) is 52.9 Å². The van der Waals surface area contributed by atoms with Gasteiger partial charge in [0.15, 0.2) is 0 Å². The molecule has 3 rings (SSSR count). The molecular formula is C17H19FN2O3S. The van der Waals surface area contributed by atoms with E-state index in [0.717, 1.165) is 4.90 Å². The maximum absolute atomic E-state index is 13.9. The molecular weight excluding hydrogens is 331 g/mol. The first-order valence-corrected chi connectivity index (χ1v) is 9.08. The molecule has 0 N–H and O–H groups in total. The number of amides is 3. The van der Waals surface area contributed by atoms with Crippen molar-refractivity contribution in [1.29, 1.82) is 0 Å². The number of imide groups is 1. The second kappa shape index (κ2) is 7.34. The lowest BCUT2D eigenvalue weighted by Gasteiger charge is -2.23. The van der Waals surface area contributed by atoms with Crippen LogP contribution in [0, 0.1) is 5.82 Å². The minimum Gasteiger partial charge on any atom is -0.340 e. The smallest absolute Gasteiger partial charge is 0.242 e. The number of hydrogen-bond acceptors (Lipinski definition) is 4. The lowest BCUT2D eigenvalue weighted by molar-refractivity contribution is -0.145. The molecule has 2 heterocycles. The number of benzene rings is 1. The minimum atomic E-state index is -0.276. The predicted molar refractivity (Wildman–Crippen MR) is 88.8 cm³/mol. The number of nitrogens with zero attached hydrogens (tertiary/aromatic N) is 2. The van der Waals surface area contributed by atoms with Crippen LogP contribution in [0.5, 0.6) is 0 Å². The Labute approximate surface area is 144 Å². The van der Waals surface area contributed by atoms with Gasteiger partial charge >= 0.3 is 0 Å². The molecule has 2 fully saturated rings. The second-order valence-electron chi connectivity index (χ2n) is 5.92. The highest BCUT2D eigenvalue weighted by molar-refractivity contribution is 7.99. The van der Waals surface area contributed by atoms with E-state index in [4.69, 9.17) is 0 Å². The topological polar surface area (TPSA) is 57.7 Å². The van der Waals surface area contributed by atoms with E-state index in [1.54, 1.807) is 28.8 Å². The van der Waals surface area contributed by atoms with E-state index < -0.39 is 0 Å². The Balaban J connectivity index is 1.61. The molecule has 0 aliphatic carbocycles. The van der Waals surface area contributed by atoms with Gasteiger partial charge in [0.25, 0.3) is 0 Å². The summed E-state index contributed by atoms with van der Waals surface area (Å²) in [5.41, 5.74) is 0.668. The van der Waals surface area contributed by atoms with Gasteiger partial charge in [0.2, 0.25) is 17.7 Å². The molecule has 3 amide bonds. The summed E-state index contributed by atoms with van der Waals surface area (Å²) in [4.78, 5) is 38.4. The third-order valence-electron chi connectivity index (χ3n) is 4.39. The van der Waals surface area contributed by atoms with Crippen molar-refractivity contribution in [2.24, 2.45) is 0 Å². The molecule has 0 spiro atoms. The second-order valence-corrected chi connectivity index (χ2v) is 7.23. The van der Waals surface area contributed by atoms with Crippen LogP contribution in [0.2, 0.25) is 0 Å². The van der Waals surface area contributed by atoms with Gasteiger partial charge in [0.1, 0.15) is 12.4 Å². The Kier molecular flexibility index (Phi) is 5.18. The Bertz CT molecular complexity index is 651. The lowest BCUT2D eigenvalue weighted by atomic mass is 10.1. The first-order valence-electron chi connectivity index (χ1n) is 8.03. The molecule has 5 nitrogen and oxygen atoms in total. The fraction of sp³-hybridized carbons (Fsp3) is 0.471. The van der Waals surface area contributed by atoms with Crippen molar-refractivity contribution in [2.45, 2.75) is 24.5 Å². The van der Waals surface area contributed by atoms with Crippen LogP contribution < -0.4 is 0 Å². The molecule has 0 radical (unpaired) electrons. The van der Waals surface area contributed by atoms with E-state index in [2.05, 4.69) is 0 Å². The first-order chi connectivity index (χ1) is 11.6. The number of carbonyl (C=O) groups is 3. The van der Waals surface area contributed by atoms with Crippen molar-refractivity contribution in [2.75, 3.05) is 25.4 Å². The molecule has 7 heteroatoms. The monoisotopic (exact) mass is 350 g/mol. The Morgan fingerprint density at radius 3 is 2.58 bits per heavy atom. The van der Waals surface area contributed by atoms with Crippen LogP contribution in [0.1, 0.15) is 30.1 Å². The summed E-state index contributed by atoms with van der Waals surface area (Å²) in [6, 6.07) is 6.72. The normalized spacial score (nSPS) is 22.0. The summed E-state index contributed by atoms with van der Waals surface area (Å²) >= 11 is 1.63. The SMILES string of the molecule is O=C(CN1C(=O)CCC1=O)N1CCSC(c2ccccc2F)CC1. The molecule has 2 aliphatic heterocycles. The molecule has 2 saturated heterocycles. The zero-order valence-electron chi connectivity index (χ0n) is 13.2. The summed E-state index contributed by atoms with van der Waals surface area (Å²) < 4.78 is 13.9. The predicted octanol–water partition coefficient (Wildman–Crippen LogP) is 1.98. The summed E-state index contributed by atoms with van der Waals surface area (Å²) in [5, 5.41) is 0.0130. The third-order valence-corrected chi connectivity index (χ3v) is 5.70. The Morgan fingerprint density at radius 1 is 1.17 bits per heavy atom. The van der Waals surface area contributed by atoms with Crippen molar-refractivity contribution >= 4 is 29.5 Å². The zero-order chi connectivity index (χ0) is 17.1. The van der Waals surface area contributed by atoms with Gasteiger partial charge in [-0.15, -0.1) is 0 Å². The first kappa shape index (κ1) is 17.0. The van der Waals surface area contributed by atoms with Crippen LogP contribution in [0.4, 0.5) is 4.39 Å². The van der Waals surface area contributed by atoms with E-state index in [1.165, 1.54) is 6.07 Å². The van der Waals surface area contributed by atoms with Crippen LogP contribution in [0.3, 0.4) is 0 Å². The molecule has 0 aromatic heterocycles. The maximum atomic E-state index is 13.9. The highest BCUT2D eigenvalue weighted by Crippen LogP contribution is 2.35. The van der Waals surface area contributed by atoms with Crippen LogP contribution in [0.15, 0.2) is 24.3 Å². The van der Waals surface area contributed by atoms with Crippen molar-refractivity contribution in [3.8, 4) is 0 Å². The van der Waals surface area contributed by atoms with E-state index in [1.807, 2.05) is 6.07 Å². The average molecular weight is 350 g/mol. The van der Waals surface area contributed by atoms with Crippen LogP contribution in [-0.2, 0) is 14.4 Å². The standard InChI is InChI=1S/C17H19FN2O3S/c18-13-4-2-1-3-12(13)14-7-8-19(9-10-24-14)17(23)11-20-15(21)5-6-16(20)22/h1-4,14H,5-11H2. The summed E-state index contributed by atoms with van der Waals surface area (Å²) in [7, 11) is 0. The van der Waals surface area contributed by atoms with Gasteiger partial charge in [-0.25, -0.2) is 4.39 Å². The van der Waals surface area contributed by atoms with E-state index in [-0.39, 0.29) is 48.2 Å². The molecule has 1 atom stereocenters. The number of likely N-dealkylation sites (tertiary alicyclic amines) is 1. The Morgan fingerprint density at radius 2 is 1.88 bits per heavy atom. The largest absolute Gasteiger partial charge is 0.340 e. The number of halogens is 1. The quantitative estimate of drug-likeness (QED) is 0.782. The molecule has 1 unspecified atom stereocenters. The molecule has 0 saturated carbocycles. The fourth-order valence-corrected chi connectivity index (χ4v) is 4.29. The van der Waals surface area contributed by atoms with E-state index >= 15 is 0 Å². The number of carbonyl (C=O) groups excluding carboxylic acids is 3. The molecule has 24 heavy (non-hydrogen) atoms. The van der Waals surface area contributed by atoms with Crippen molar-refractivity contribution in [3.05, 3.63) is 35.6 Å². The van der Waals surface area contributed by atoms with Crippen molar-refractivity contribution < 1.29 is 18.8 Å². The summed E-state index contributed by atoms with van der Waals surface area (Å²) in [6.45, 7) is 0.873. The van der Waals surface area contributed by atoms with Crippen LogP contribution >= 0.6 is 11.8 Å². The molecule has 2 aliphatic rings. The lowest BCUT2D eigenvalue weighted by Crippen LogP contribution is -2.43. The average Bonchev–Trinajstić information content (AvgIpc) is 2.79. The van der Waals surface area contributed by atoms with Gasteiger partial charge in [0.05, 0.1) is 0 Å². The summed E-state index contributed by atoms with van der Waals surface area (Å²) in [6.07, 6.45) is 1.04. The van der Waals surface area contributed by atoms with Crippen molar-refractivity contribution in [1.82, 2.24) is 9.80 Å². The molecule has 0 bridgehead atoms. The van der Waals surface area contributed by atoms with Crippen molar-refractivity contribution in [3.63, 3.8) is 0 Å². The van der Waals surface area contributed by atoms with Gasteiger partial charge < -0.3 is 4.90 Å².